The van der Waals surface area contributed by atoms with Crippen molar-refractivity contribution in [2.24, 2.45) is 5.84 Å². The van der Waals surface area contributed by atoms with Crippen LogP contribution < -0.4 is 11.3 Å². The first-order chi connectivity index (χ1) is 7.27. The summed E-state index contributed by atoms with van der Waals surface area (Å²) in [5.74, 6) is 5.49. The molecule has 15 heavy (non-hydrogen) atoms. The van der Waals surface area contributed by atoms with Crippen molar-refractivity contribution in [3.05, 3.63) is 24.3 Å². The SMILES string of the molecule is COC(C)CCC(NN)c1cncnc1. The summed E-state index contributed by atoms with van der Waals surface area (Å²) in [6.07, 6.45) is 7.14. The minimum atomic E-state index is 0.0869. The monoisotopic (exact) mass is 210 g/mol. The maximum atomic E-state index is 5.49. The molecule has 0 aromatic carbocycles. The molecule has 0 bridgehead atoms. The van der Waals surface area contributed by atoms with Crippen molar-refractivity contribution < 1.29 is 4.74 Å². The van der Waals surface area contributed by atoms with Crippen LogP contribution in [0.1, 0.15) is 31.4 Å². The van der Waals surface area contributed by atoms with Crippen molar-refractivity contribution >= 4 is 0 Å². The Hall–Kier alpha value is -1.04. The van der Waals surface area contributed by atoms with Gasteiger partial charge in [0.1, 0.15) is 6.33 Å². The molecule has 0 spiro atoms. The first kappa shape index (κ1) is 12.0. The van der Waals surface area contributed by atoms with Crippen LogP contribution >= 0.6 is 0 Å². The Morgan fingerprint density at radius 1 is 1.40 bits per heavy atom. The first-order valence-electron chi connectivity index (χ1n) is 5.01. The highest BCUT2D eigenvalue weighted by atomic mass is 16.5. The van der Waals surface area contributed by atoms with E-state index in [1.165, 1.54) is 6.33 Å². The predicted molar refractivity (Wildman–Crippen MR) is 57.8 cm³/mol. The van der Waals surface area contributed by atoms with Gasteiger partial charge in [0.25, 0.3) is 0 Å². The van der Waals surface area contributed by atoms with Gasteiger partial charge in [0.15, 0.2) is 0 Å². The van der Waals surface area contributed by atoms with Gasteiger partial charge in [0.05, 0.1) is 6.10 Å². The Balaban J connectivity index is 2.50. The maximum Gasteiger partial charge on any atom is 0.115 e. The number of methoxy groups -OCH3 is 1. The molecule has 3 N–H and O–H groups in total. The third kappa shape index (κ3) is 3.91. The van der Waals surface area contributed by atoms with Gasteiger partial charge in [-0.1, -0.05) is 0 Å². The second-order valence-electron chi connectivity index (χ2n) is 3.51. The lowest BCUT2D eigenvalue weighted by Gasteiger charge is -2.17. The highest BCUT2D eigenvalue weighted by Crippen LogP contribution is 2.17. The topological polar surface area (TPSA) is 73.1 Å². The quantitative estimate of drug-likeness (QED) is 0.536. The standard InChI is InChI=1S/C10H18N4O/c1-8(15-2)3-4-10(14-11)9-5-12-7-13-6-9/h5-8,10,14H,3-4,11H2,1-2H3. The van der Waals surface area contributed by atoms with Crippen LogP contribution in [0.15, 0.2) is 18.7 Å². The Morgan fingerprint density at radius 3 is 2.60 bits per heavy atom. The number of ether oxygens (including phenoxy) is 1. The molecule has 5 heteroatoms. The van der Waals surface area contributed by atoms with Crippen molar-refractivity contribution in [2.75, 3.05) is 7.11 Å². The number of rotatable bonds is 6. The molecule has 0 radical (unpaired) electrons. The maximum absolute atomic E-state index is 5.49. The third-order valence-corrected chi connectivity index (χ3v) is 2.45. The number of hydrazine groups is 1. The molecule has 0 saturated carbocycles. The fraction of sp³-hybridized carbons (Fsp3) is 0.600. The molecule has 1 rings (SSSR count). The number of hydrogen-bond acceptors (Lipinski definition) is 5. The lowest BCUT2D eigenvalue weighted by Crippen LogP contribution is -2.29. The molecule has 0 saturated heterocycles. The fourth-order valence-corrected chi connectivity index (χ4v) is 1.36. The predicted octanol–water partition coefficient (Wildman–Crippen LogP) is 0.796. The lowest BCUT2D eigenvalue weighted by molar-refractivity contribution is 0.106. The van der Waals surface area contributed by atoms with E-state index in [-0.39, 0.29) is 12.1 Å². The second-order valence-corrected chi connectivity index (χ2v) is 3.51. The molecule has 84 valence electrons. The summed E-state index contributed by atoms with van der Waals surface area (Å²) in [5.41, 5.74) is 3.77. The average molecular weight is 210 g/mol. The molecular formula is C10H18N4O. The summed E-state index contributed by atoms with van der Waals surface area (Å²) in [7, 11) is 1.71. The second kappa shape index (κ2) is 6.44. The Morgan fingerprint density at radius 2 is 2.07 bits per heavy atom. The summed E-state index contributed by atoms with van der Waals surface area (Å²) in [6.45, 7) is 2.04. The van der Waals surface area contributed by atoms with Crippen LogP contribution in [0.5, 0.6) is 0 Å². The van der Waals surface area contributed by atoms with Gasteiger partial charge >= 0.3 is 0 Å². The van der Waals surface area contributed by atoms with E-state index < -0.39 is 0 Å². The molecule has 0 amide bonds. The summed E-state index contributed by atoms with van der Waals surface area (Å²) in [4.78, 5) is 7.93. The molecule has 0 aliphatic heterocycles. The Labute approximate surface area is 90.0 Å². The fourth-order valence-electron chi connectivity index (χ4n) is 1.36. The zero-order valence-electron chi connectivity index (χ0n) is 9.18. The van der Waals surface area contributed by atoms with Gasteiger partial charge < -0.3 is 4.74 Å². The van der Waals surface area contributed by atoms with Crippen LogP contribution in [0.2, 0.25) is 0 Å². The Kier molecular flexibility index (Phi) is 5.17. The van der Waals surface area contributed by atoms with Crippen molar-refractivity contribution in [3.8, 4) is 0 Å². The van der Waals surface area contributed by atoms with Gasteiger partial charge in [-0.2, -0.15) is 0 Å². The highest BCUT2D eigenvalue weighted by molar-refractivity contribution is 5.08. The van der Waals surface area contributed by atoms with Gasteiger partial charge in [0, 0.05) is 31.1 Å². The Bertz CT molecular complexity index is 267. The van der Waals surface area contributed by atoms with Crippen LogP contribution in [0.4, 0.5) is 0 Å². The normalized spacial score (nSPS) is 14.9. The summed E-state index contributed by atoms with van der Waals surface area (Å²) >= 11 is 0. The van der Waals surface area contributed by atoms with Crippen molar-refractivity contribution in [1.29, 1.82) is 0 Å². The molecule has 1 aromatic heterocycles. The van der Waals surface area contributed by atoms with Crippen LogP contribution in [0.25, 0.3) is 0 Å². The van der Waals surface area contributed by atoms with Crippen LogP contribution in [0, 0.1) is 0 Å². The van der Waals surface area contributed by atoms with E-state index >= 15 is 0 Å². The molecule has 0 fully saturated rings. The number of nitrogens with two attached hydrogens (primary N) is 1. The van der Waals surface area contributed by atoms with Gasteiger partial charge in [-0.05, 0) is 19.8 Å². The van der Waals surface area contributed by atoms with E-state index in [0.29, 0.717) is 0 Å². The summed E-state index contributed by atoms with van der Waals surface area (Å²) < 4.78 is 5.18. The molecule has 1 heterocycles. The summed E-state index contributed by atoms with van der Waals surface area (Å²) in [6, 6.07) is 0.0869. The third-order valence-electron chi connectivity index (χ3n) is 2.45. The molecular weight excluding hydrogens is 192 g/mol. The van der Waals surface area contributed by atoms with E-state index in [1.807, 2.05) is 6.92 Å². The smallest absolute Gasteiger partial charge is 0.115 e. The van der Waals surface area contributed by atoms with Crippen LogP contribution in [0.3, 0.4) is 0 Å². The zero-order valence-corrected chi connectivity index (χ0v) is 9.18. The molecule has 5 nitrogen and oxygen atoms in total. The molecule has 0 aliphatic rings. The van der Waals surface area contributed by atoms with E-state index in [2.05, 4.69) is 15.4 Å². The molecule has 0 aliphatic carbocycles. The molecule has 1 aromatic rings. The number of aromatic nitrogens is 2. The van der Waals surface area contributed by atoms with E-state index in [1.54, 1.807) is 19.5 Å². The van der Waals surface area contributed by atoms with Gasteiger partial charge in [-0.25, -0.2) is 9.97 Å². The van der Waals surface area contributed by atoms with E-state index in [0.717, 1.165) is 18.4 Å². The lowest BCUT2D eigenvalue weighted by atomic mass is 10.0. The zero-order chi connectivity index (χ0) is 11.1. The van der Waals surface area contributed by atoms with Gasteiger partial charge in [-0.15, -0.1) is 0 Å². The van der Waals surface area contributed by atoms with Crippen molar-refractivity contribution in [2.45, 2.75) is 31.9 Å². The van der Waals surface area contributed by atoms with Crippen molar-refractivity contribution in [3.63, 3.8) is 0 Å². The van der Waals surface area contributed by atoms with Gasteiger partial charge in [-0.3, -0.25) is 11.3 Å². The molecule has 2 atom stereocenters. The average Bonchev–Trinajstić information content (AvgIpc) is 2.31. The molecule has 2 unspecified atom stereocenters. The number of hydrogen-bond donors (Lipinski definition) is 2. The van der Waals surface area contributed by atoms with Crippen LogP contribution in [-0.2, 0) is 4.74 Å². The van der Waals surface area contributed by atoms with E-state index in [9.17, 15) is 0 Å². The summed E-state index contributed by atoms with van der Waals surface area (Å²) in [5, 5.41) is 0. The van der Waals surface area contributed by atoms with E-state index in [4.69, 9.17) is 10.6 Å². The number of nitrogens with one attached hydrogen (secondary N) is 1. The van der Waals surface area contributed by atoms with Crippen molar-refractivity contribution in [1.82, 2.24) is 15.4 Å². The highest BCUT2D eigenvalue weighted by Gasteiger charge is 2.11. The van der Waals surface area contributed by atoms with Crippen LogP contribution in [-0.4, -0.2) is 23.2 Å². The first-order valence-corrected chi connectivity index (χ1v) is 5.01. The number of nitrogens with zero attached hydrogens (tertiary/aromatic N) is 2. The minimum Gasteiger partial charge on any atom is -0.382 e. The van der Waals surface area contributed by atoms with Gasteiger partial charge in [0.2, 0.25) is 0 Å². The largest absolute Gasteiger partial charge is 0.382 e. The minimum absolute atomic E-state index is 0.0869.